The van der Waals surface area contributed by atoms with Gasteiger partial charge in [-0.2, -0.15) is 0 Å². The number of rotatable bonds is 11. The van der Waals surface area contributed by atoms with Crippen molar-refractivity contribution in [3.8, 4) is 0 Å². The van der Waals surface area contributed by atoms with Crippen molar-refractivity contribution >= 4 is 11.6 Å². The second kappa shape index (κ2) is 13.4. The van der Waals surface area contributed by atoms with Gasteiger partial charge in [0.25, 0.3) is 0 Å². The topological polar surface area (TPSA) is 49.3 Å². The molecule has 0 radical (unpaired) electrons. The van der Waals surface area contributed by atoms with Gasteiger partial charge in [0.05, 0.1) is 18.3 Å². The molecule has 1 aliphatic rings. The molecule has 0 aliphatic carbocycles. The number of anilines is 1. The molecule has 1 aliphatic heterocycles. The SMILES string of the molecule is CCNC(=NCc1ccc(N(CC)CC)c(F)c1)N1CCC(OCCCOC)CC1. The van der Waals surface area contributed by atoms with Crippen molar-refractivity contribution in [2.24, 2.45) is 4.99 Å². The number of likely N-dealkylation sites (tertiary alicyclic amines) is 1. The van der Waals surface area contributed by atoms with E-state index in [1.165, 1.54) is 0 Å². The summed E-state index contributed by atoms with van der Waals surface area (Å²) >= 11 is 0. The highest BCUT2D eigenvalue weighted by atomic mass is 19.1. The molecule has 0 spiro atoms. The molecule has 0 amide bonds. The van der Waals surface area contributed by atoms with E-state index in [0.717, 1.165) is 76.7 Å². The van der Waals surface area contributed by atoms with Crippen molar-refractivity contribution in [3.05, 3.63) is 29.6 Å². The van der Waals surface area contributed by atoms with E-state index in [-0.39, 0.29) is 5.82 Å². The molecule has 0 unspecified atom stereocenters. The van der Waals surface area contributed by atoms with Crippen molar-refractivity contribution in [3.63, 3.8) is 0 Å². The number of benzene rings is 1. The van der Waals surface area contributed by atoms with Crippen LogP contribution in [0.15, 0.2) is 23.2 Å². The van der Waals surface area contributed by atoms with E-state index in [4.69, 9.17) is 14.5 Å². The Morgan fingerprint density at radius 1 is 1.20 bits per heavy atom. The minimum absolute atomic E-state index is 0.178. The Balaban J connectivity index is 1.92. The summed E-state index contributed by atoms with van der Waals surface area (Å²) in [5, 5.41) is 3.38. The molecule has 1 fully saturated rings. The Morgan fingerprint density at radius 3 is 2.53 bits per heavy atom. The molecule has 7 heteroatoms. The van der Waals surface area contributed by atoms with Gasteiger partial charge in [-0.25, -0.2) is 9.38 Å². The molecular weight excluding hydrogens is 383 g/mol. The number of nitrogens with zero attached hydrogens (tertiary/aromatic N) is 3. The van der Waals surface area contributed by atoms with Crippen molar-refractivity contribution in [2.75, 3.05) is 57.9 Å². The first-order chi connectivity index (χ1) is 14.6. The standard InChI is InChI=1S/C23H39FN4O2/c1-5-25-23(28-13-11-20(12-14-28)30-16-8-15-29-4)26-18-19-9-10-22(21(24)17-19)27(6-2)7-3/h9-10,17,20H,5-8,11-16,18H2,1-4H3,(H,25,26). The van der Waals surface area contributed by atoms with Gasteiger partial charge in [-0.3, -0.25) is 0 Å². The summed E-state index contributed by atoms with van der Waals surface area (Å²) in [6.07, 6.45) is 3.22. The third kappa shape index (κ3) is 7.43. The van der Waals surface area contributed by atoms with Crippen LogP contribution in [0.3, 0.4) is 0 Å². The number of hydrogen-bond acceptors (Lipinski definition) is 4. The number of guanidine groups is 1. The van der Waals surface area contributed by atoms with E-state index in [9.17, 15) is 4.39 Å². The molecular formula is C23H39FN4O2. The van der Waals surface area contributed by atoms with E-state index < -0.39 is 0 Å². The van der Waals surface area contributed by atoms with Gasteiger partial charge in [0.15, 0.2) is 5.96 Å². The lowest BCUT2D eigenvalue weighted by Gasteiger charge is -2.34. The number of nitrogens with one attached hydrogen (secondary N) is 1. The van der Waals surface area contributed by atoms with Gasteiger partial charge in [-0.15, -0.1) is 0 Å². The molecule has 30 heavy (non-hydrogen) atoms. The highest BCUT2D eigenvalue weighted by molar-refractivity contribution is 5.80. The Kier molecular flexibility index (Phi) is 10.9. The van der Waals surface area contributed by atoms with Crippen molar-refractivity contribution < 1.29 is 13.9 Å². The molecule has 1 saturated heterocycles. The number of piperidine rings is 1. The summed E-state index contributed by atoms with van der Waals surface area (Å²) in [6.45, 7) is 12.3. The zero-order valence-corrected chi connectivity index (χ0v) is 19.1. The van der Waals surface area contributed by atoms with Crippen LogP contribution < -0.4 is 10.2 Å². The molecule has 1 heterocycles. The summed E-state index contributed by atoms with van der Waals surface area (Å²) in [7, 11) is 1.72. The van der Waals surface area contributed by atoms with E-state index in [1.54, 1.807) is 13.2 Å². The summed E-state index contributed by atoms with van der Waals surface area (Å²) in [5.41, 5.74) is 1.54. The van der Waals surface area contributed by atoms with Crippen LogP contribution in [-0.2, 0) is 16.0 Å². The maximum Gasteiger partial charge on any atom is 0.194 e. The Morgan fingerprint density at radius 2 is 1.93 bits per heavy atom. The second-order valence-electron chi connectivity index (χ2n) is 7.53. The Bertz CT molecular complexity index is 644. The van der Waals surface area contributed by atoms with Crippen molar-refractivity contribution in [1.29, 1.82) is 0 Å². The summed E-state index contributed by atoms with van der Waals surface area (Å²) in [6, 6.07) is 5.46. The quantitative estimate of drug-likeness (QED) is 0.335. The van der Waals surface area contributed by atoms with Crippen LogP contribution in [0.2, 0.25) is 0 Å². The van der Waals surface area contributed by atoms with Gasteiger partial charge in [0.1, 0.15) is 5.82 Å². The Hall–Kier alpha value is -1.86. The molecule has 1 aromatic carbocycles. The average Bonchev–Trinajstić information content (AvgIpc) is 2.77. The van der Waals surface area contributed by atoms with Crippen LogP contribution in [0.4, 0.5) is 10.1 Å². The molecule has 0 bridgehead atoms. The minimum atomic E-state index is -0.178. The summed E-state index contributed by atoms with van der Waals surface area (Å²) in [4.78, 5) is 9.07. The van der Waals surface area contributed by atoms with Crippen molar-refractivity contribution in [2.45, 2.75) is 52.7 Å². The highest BCUT2D eigenvalue weighted by Gasteiger charge is 2.22. The molecule has 170 valence electrons. The maximum atomic E-state index is 14.6. The lowest BCUT2D eigenvalue weighted by Crippen LogP contribution is -2.47. The fourth-order valence-corrected chi connectivity index (χ4v) is 3.75. The van der Waals surface area contributed by atoms with Crippen LogP contribution in [-0.4, -0.2) is 70.0 Å². The predicted octanol–water partition coefficient (Wildman–Crippen LogP) is 3.65. The van der Waals surface area contributed by atoms with Crippen LogP contribution in [0.1, 0.15) is 45.6 Å². The largest absolute Gasteiger partial charge is 0.385 e. The Labute approximate surface area is 181 Å². The van der Waals surface area contributed by atoms with E-state index in [2.05, 4.69) is 17.1 Å². The highest BCUT2D eigenvalue weighted by Crippen LogP contribution is 2.21. The number of hydrogen-bond donors (Lipinski definition) is 1. The van der Waals surface area contributed by atoms with Crippen LogP contribution in [0, 0.1) is 5.82 Å². The lowest BCUT2D eigenvalue weighted by atomic mass is 10.1. The maximum absolute atomic E-state index is 14.6. The summed E-state index contributed by atoms with van der Waals surface area (Å²) < 4.78 is 25.6. The van der Waals surface area contributed by atoms with Gasteiger partial charge >= 0.3 is 0 Å². The third-order valence-corrected chi connectivity index (χ3v) is 5.45. The monoisotopic (exact) mass is 422 g/mol. The van der Waals surface area contributed by atoms with Crippen molar-refractivity contribution in [1.82, 2.24) is 10.2 Å². The molecule has 1 N–H and O–H groups in total. The number of halogens is 1. The smallest absolute Gasteiger partial charge is 0.194 e. The average molecular weight is 423 g/mol. The first kappa shape index (κ1) is 24.4. The van der Waals surface area contributed by atoms with Gasteiger partial charge in [0.2, 0.25) is 0 Å². The number of methoxy groups -OCH3 is 1. The van der Waals surface area contributed by atoms with Gasteiger partial charge in [-0.1, -0.05) is 6.07 Å². The number of aliphatic imine (C=N–C) groups is 1. The fourth-order valence-electron chi connectivity index (χ4n) is 3.75. The van der Waals surface area contributed by atoms with Gasteiger partial charge in [-0.05, 0) is 57.7 Å². The van der Waals surface area contributed by atoms with Crippen LogP contribution in [0.25, 0.3) is 0 Å². The zero-order chi connectivity index (χ0) is 21.8. The predicted molar refractivity (Wildman–Crippen MR) is 122 cm³/mol. The van der Waals surface area contributed by atoms with Gasteiger partial charge in [0, 0.05) is 53.0 Å². The fraction of sp³-hybridized carbons (Fsp3) is 0.696. The summed E-state index contributed by atoms with van der Waals surface area (Å²) in [5.74, 6) is 0.714. The third-order valence-electron chi connectivity index (χ3n) is 5.45. The second-order valence-corrected chi connectivity index (χ2v) is 7.53. The molecule has 0 aromatic heterocycles. The lowest BCUT2D eigenvalue weighted by molar-refractivity contribution is 0.00990. The molecule has 0 atom stereocenters. The first-order valence-electron chi connectivity index (χ1n) is 11.3. The molecule has 2 rings (SSSR count). The van der Waals surface area contributed by atoms with Crippen LogP contribution in [0.5, 0.6) is 0 Å². The number of ether oxygens (including phenoxy) is 2. The molecule has 0 saturated carbocycles. The van der Waals surface area contributed by atoms with Crippen LogP contribution >= 0.6 is 0 Å². The minimum Gasteiger partial charge on any atom is -0.385 e. The zero-order valence-electron chi connectivity index (χ0n) is 19.1. The molecule has 1 aromatic rings. The normalized spacial score (nSPS) is 15.5. The van der Waals surface area contributed by atoms with Gasteiger partial charge < -0.3 is 24.6 Å². The first-order valence-corrected chi connectivity index (χ1v) is 11.3. The molecule has 6 nitrogen and oxygen atoms in total. The van der Waals surface area contributed by atoms with E-state index in [1.807, 2.05) is 30.9 Å². The van der Waals surface area contributed by atoms with E-state index in [0.29, 0.717) is 18.3 Å². The van der Waals surface area contributed by atoms with E-state index >= 15 is 0 Å².